The van der Waals surface area contributed by atoms with Crippen molar-refractivity contribution in [1.29, 1.82) is 0 Å². The number of hydrogen-bond acceptors (Lipinski definition) is 5. The smallest absolute Gasteiger partial charge is 0.209 e. The summed E-state index contributed by atoms with van der Waals surface area (Å²) in [7, 11) is 3.30. The molecule has 0 spiro atoms. The van der Waals surface area contributed by atoms with Crippen molar-refractivity contribution in [2.75, 3.05) is 14.2 Å². The SMILES string of the molecule is COc1ccc(OC)c(C=Nc2nc3c(s2)-c2ccccc2CC3)c1. The molecule has 0 unspecified atom stereocenters. The fourth-order valence-electron chi connectivity index (χ4n) is 3.05. The molecule has 1 aromatic heterocycles. The Morgan fingerprint density at radius 2 is 1.96 bits per heavy atom. The molecule has 0 radical (unpaired) electrons. The molecular formula is C20H18N2O2S. The maximum absolute atomic E-state index is 5.40. The number of aryl methyl sites for hydroxylation is 2. The highest BCUT2D eigenvalue weighted by molar-refractivity contribution is 7.18. The Kier molecular flexibility index (Phi) is 4.24. The number of fused-ring (bicyclic) bond motifs is 3. The number of ether oxygens (including phenoxy) is 2. The van der Waals surface area contributed by atoms with Gasteiger partial charge in [-0.15, -0.1) is 0 Å². The molecule has 0 bridgehead atoms. The summed E-state index contributed by atoms with van der Waals surface area (Å²) < 4.78 is 10.7. The lowest BCUT2D eigenvalue weighted by molar-refractivity contribution is 0.402. The van der Waals surface area contributed by atoms with Crippen molar-refractivity contribution in [3.8, 4) is 21.9 Å². The second-order valence-corrected chi connectivity index (χ2v) is 6.77. The van der Waals surface area contributed by atoms with Crippen LogP contribution in [0.2, 0.25) is 0 Å². The second kappa shape index (κ2) is 6.69. The topological polar surface area (TPSA) is 43.7 Å². The van der Waals surface area contributed by atoms with Gasteiger partial charge < -0.3 is 9.47 Å². The first-order valence-electron chi connectivity index (χ1n) is 8.12. The highest BCUT2D eigenvalue weighted by atomic mass is 32.1. The fourth-order valence-corrected chi connectivity index (χ4v) is 4.07. The Balaban J connectivity index is 1.67. The van der Waals surface area contributed by atoms with Crippen molar-refractivity contribution in [2.45, 2.75) is 12.8 Å². The standard InChI is InChI=1S/C20H18N2O2S/c1-23-15-8-10-18(24-2)14(11-15)12-21-20-22-17-9-7-13-5-3-4-6-16(13)19(17)25-20/h3-6,8,10-12H,7,9H2,1-2H3. The van der Waals surface area contributed by atoms with Crippen LogP contribution in [0.25, 0.3) is 10.4 Å². The van der Waals surface area contributed by atoms with Crippen LogP contribution >= 0.6 is 11.3 Å². The average Bonchev–Trinajstić information content (AvgIpc) is 3.09. The molecule has 0 saturated heterocycles. The molecule has 0 atom stereocenters. The number of aromatic nitrogens is 1. The number of thiazole rings is 1. The summed E-state index contributed by atoms with van der Waals surface area (Å²) in [5, 5.41) is 0.770. The van der Waals surface area contributed by atoms with E-state index in [9.17, 15) is 0 Å². The first-order chi connectivity index (χ1) is 12.3. The van der Waals surface area contributed by atoms with Crippen molar-refractivity contribution >= 4 is 22.7 Å². The van der Waals surface area contributed by atoms with Crippen molar-refractivity contribution in [1.82, 2.24) is 4.98 Å². The van der Waals surface area contributed by atoms with Crippen LogP contribution in [-0.4, -0.2) is 25.4 Å². The number of benzene rings is 2. The minimum absolute atomic E-state index is 0.760. The van der Waals surface area contributed by atoms with E-state index in [1.807, 2.05) is 18.2 Å². The average molecular weight is 350 g/mol. The lowest BCUT2D eigenvalue weighted by atomic mass is 9.94. The molecule has 4 rings (SSSR count). The third-order valence-electron chi connectivity index (χ3n) is 4.33. The fraction of sp³-hybridized carbons (Fsp3) is 0.200. The van der Waals surface area contributed by atoms with E-state index in [1.54, 1.807) is 31.8 Å². The number of methoxy groups -OCH3 is 2. The van der Waals surface area contributed by atoms with Gasteiger partial charge in [0.15, 0.2) is 0 Å². The molecule has 1 aliphatic rings. The molecule has 1 heterocycles. The van der Waals surface area contributed by atoms with Crippen LogP contribution in [0, 0.1) is 0 Å². The second-order valence-electron chi connectivity index (χ2n) is 5.80. The molecule has 0 aliphatic heterocycles. The van der Waals surface area contributed by atoms with Gasteiger partial charge in [0.05, 0.1) is 24.8 Å². The molecule has 3 aromatic rings. The summed E-state index contributed by atoms with van der Waals surface area (Å²) in [5.41, 5.74) is 4.70. The summed E-state index contributed by atoms with van der Waals surface area (Å²) in [4.78, 5) is 10.5. The Morgan fingerprint density at radius 3 is 2.80 bits per heavy atom. The third-order valence-corrected chi connectivity index (χ3v) is 5.37. The van der Waals surface area contributed by atoms with Crippen molar-refractivity contribution in [3.63, 3.8) is 0 Å². The molecular weight excluding hydrogens is 332 g/mol. The van der Waals surface area contributed by atoms with Crippen LogP contribution in [-0.2, 0) is 12.8 Å². The zero-order valence-electron chi connectivity index (χ0n) is 14.2. The predicted octanol–water partition coefficient (Wildman–Crippen LogP) is 4.68. The largest absolute Gasteiger partial charge is 0.497 e. The molecule has 25 heavy (non-hydrogen) atoms. The van der Waals surface area contributed by atoms with Gasteiger partial charge in [0.2, 0.25) is 5.13 Å². The van der Waals surface area contributed by atoms with Gasteiger partial charge in [-0.2, -0.15) is 0 Å². The zero-order chi connectivity index (χ0) is 17.2. The lowest BCUT2D eigenvalue weighted by Gasteiger charge is -2.13. The first kappa shape index (κ1) is 15.8. The summed E-state index contributed by atoms with van der Waals surface area (Å²) in [6, 6.07) is 14.2. The van der Waals surface area contributed by atoms with Gasteiger partial charge in [-0.3, -0.25) is 0 Å². The Labute approximate surface area is 150 Å². The summed E-state index contributed by atoms with van der Waals surface area (Å²) >= 11 is 1.64. The van der Waals surface area contributed by atoms with Gasteiger partial charge in [-0.25, -0.2) is 9.98 Å². The number of aliphatic imine (C=N–C) groups is 1. The zero-order valence-corrected chi connectivity index (χ0v) is 15.0. The van der Waals surface area contributed by atoms with E-state index < -0.39 is 0 Å². The molecule has 2 aromatic carbocycles. The highest BCUT2D eigenvalue weighted by Gasteiger charge is 2.20. The monoisotopic (exact) mass is 350 g/mol. The first-order valence-corrected chi connectivity index (χ1v) is 8.94. The molecule has 126 valence electrons. The summed E-state index contributed by atoms with van der Waals surface area (Å²) in [6.45, 7) is 0. The van der Waals surface area contributed by atoms with E-state index in [2.05, 4.69) is 29.3 Å². The maximum atomic E-state index is 5.40. The van der Waals surface area contributed by atoms with E-state index in [0.717, 1.165) is 40.7 Å². The van der Waals surface area contributed by atoms with Crippen LogP contribution in [0.15, 0.2) is 47.5 Å². The van der Waals surface area contributed by atoms with E-state index in [-0.39, 0.29) is 0 Å². The van der Waals surface area contributed by atoms with Gasteiger partial charge in [-0.1, -0.05) is 35.6 Å². The Hall–Kier alpha value is -2.66. The van der Waals surface area contributed by atoms with Crippen molar-refractivity contribution < 1.29 is 9.47 Å². The molecule has 0 fully saturated rings. The number of hydrogen-bond donors (Lipinski definition) is 0. The van der Waals surface area contributed by atoms with E-state index in [4.69, 9.17) is 14.5 Å². The molecule has 4 nitrogen and oxygen atoms in total. The van der Waals surface area contributed by atoms with Crippen LogP contribution in [0.5, 0.6) is 11.5 Å². The summed E-state index contributed by atoms with van der Waals surface area (Å²) in [6.07, 6.45) is 3.80. The van der Waals surface area contributed by atoms with Crippen LogP contribution in [0.1, 0.15) is 16.8 Å². The molecule has 5 heteroatoms. The third kappa shape index (κ3) is 3.03. The van der Waals surface area contributed by atoms with Crippen LogP contribution in [0.4, 0.5) is 5.13 Å². The van der Waals surface area contributed by atoms with E-state index >= 15 is 0 Å². The van der Waals surface area contributed by atoms with Gasteiger partial charge in [0, 0.05) is 11.8 Å². The highest BCUT2D eigenvalue weighted by Crippen LogP contribution is 2.40. The van der Waals surface area contributed by atoms with Gasteiger partial charge in [0.1, 0.15) is 11.5 Å². The van der Waals surface area contributed by atoms with Crippen molar-refractivity contribution in [3.05, 3.63) is 59.3 Å². The number of nitrogens with zero attached hydrogens (tertiary/aromatic N) is 2. The maximum Gasteiger partial charge on any atom is 0.209 e. The van der Waals surface area contributed by atoms with E-state index in [1.165, 1.54) is 16.0 Å². The predicted molar refractivity (Wildman–Crippen MR) is 102 cm³/mol. The van der Waals surface area contributed by atoms with Crippen LogP contribution < -0.4 is 9.47 Å². The molecule has 0 saturated carbocycles. The molecule has 0 N–H and O–H groups in total. The Bertz CT molecular complexity index is 947. The normalized spacial score (nSPS) is 12.7. The van der Waals surface area contributed by atoms with Crippen molar-refractivity contribution in [2.24, 2.45) is 4.99 Å². The molecule has 1 aliphatic carbocycles. The van der Waals surface area contributed by atoms with Gasteiger partial charge in [0.25, 0.3) is 0 Å². The van der Waals surface area contributed by atoms with Crippen LogP contribution in [0.3, 0.4) is 0 Å². The lowest BCUT2D eigenvalue weighted by Crippen LogP contribution is -2.01. The van der Waals surface area contributed by atoms with E-state index in [0.29, 0.717) is 0 Å². The van der Waals surface area contributed by atoms with Gasteiger partial charge >= 0.3 is 0 Å². The molecule has 0 amide bonds. The quantitative estimate of drug-likeness (QED) is 0.642. The van der Waals surface area contributed by atoms with Gasteiger partial charge in [-0.05, 0) is 42.2 Å². The summed E-state index contributed by atoms with van der Waals surface area (Å²) in [5.74, 6) is 1.53. The minimum atomic E-state index is 0.760. The number of rotatable bonds is 4. The Morgan fingerprint density at radius 1 is 1.08 bits per heavy atom. The minimum Gasteiger partial charge on any atom is -0.497 e.